The minimum Gasteiger partial charge on any atom is -0.496 e. The third-order valence-electron chi connectivity index (χ3n) is 5.43. The Morgan fingerprint density at radius 1 is 0.690 bits per heavy atom. The van der Waals surface area contributed by atoms with Crippen molar-refractivity contribution in [2.75, 3.05) is 31.8 Å². The summed E-state index contributed by atoms with van der Waals surface area (Å²) in [6.07, 6.45) is 0. The molecule has 0 aromatic heterocycles. The molecule has 0 aliphatic heterocycles. The van der Waals surface area contributed by atoms with Gasteiger partial charge in [0, 0.05) is 31.4 Å². The molecule has 0 saturated carbocycles. The average Bonchev–Trinajstić information content (AvgIpc) is 2.74. The molecule has 0 atom stereocenters. The van der Waals surface area contributed by atoms with E-state index in [0.29, 0.717) is 0 Å². The summed E-state index contributed by atoms with van der Waals surface area (Å²) in [7, 11) is 5.64. The van der Waals surface area contributed by atoms with Gasteiger partial charge in [0.2, 0.25) is 0 Å². The smallest absolute Gasteiger partial charge is 0.122 e. The molecule has 0 heterocycles. The topological polar surface area (TPSA) is 33.3 Å². The van der Waals surface area contributed by atoms with E-state index >= 15 is 0 Å². The summed E-state index contributed by atoms with van der Waals surface area (Å²) in [5.74, 6) is 1.09. The molecule has 0 amide bonds. The fraction of sp³-hybridized carbons (Fsp3) is 0.308. The van der Waals surface area contributed by atoms with E-state index in [4.69, 9.17) is 4.74 Å². The number of nitrogens with one attached hydrogen (secondary N) is 2. The van der Waals surface area contributed by atoms with Crippen LogP contribution in [-0.2, 0) is 5.41 Å². The van der Waals surface area contributed by atoms with Crippen molar-refractivity contribution in [1.82, 2.24) is 0 Å². The molecule has 0 radical (unpaired) electrons. The van der Waals surface area contributed by atoms with Crippen LogP contribution in [0.1, 0.15) is 48.9 Å². The van der Waals surface area contributed by atoms with Gasteiger partial charge in [-0.1, -0.05) is 57.2 Å². The van der Waals surface area contributed by atoms with Crippen LogP contribution in [0.5, 0.6) is 5.75 Å². The molecule has 0 aliphatic rings. The number of benzene rings is 3. The molecule has 3 rings (SSSR count). The predicted molar refractivity (Wildman–Crippen MR) is 125 cm³/mol. The lowest BCUT2D eigenvalue weighted by Gasteiger charge is -2.26. The number of ether oxygens (including phenoxy) is 1. The highest BCUT2D eigenvalue weighted by atomic mass is 16.5. The molecular formula is C26H32N2O. The second-order valence-corrected chi connectivity index (χ2v) is 8.39. The fourth-order valence-corrected chi connectivity index (χ4v) is 3.75. The van der Waals surface area contributed by atoms with Gasteiger partial charge in [0.15, 0.2) is 0 Å². The van der Waals surface area contributed by atoms with Crippen molar-refractivity contribution >= 4 is 11.4 Å². The Morgan fingerprint density at radius 2 is 1.14 bits per heavy atom. The molecule has 0 unspecified atom stereocenters. The van der Waals surface area contributed by atoms with Gasteiger partial charge in [0.1, 0.15) is 5.75 Å². The maximum Gasteiger partial charge on any atom is 0.122 e. The lowest BCUT2D eigenvalue weighted by molar-refractivity contribution is 0.397. The SMILES string of the molecule is CNc1ccc(C(c2ccc(NC)cc2)c2ccc(OC)c(C(C)(C)C)c2)cc1. The van der Waals surface area contributed by atoms with Gasteiger partial charge in [-0.2, -0.15) is 0 Å². The van der Waals surface area contributed by atoms with Gasteiger partial charge in [-0.3, -0.25) is 0 Å². The normalized spacial score (nSPS) is 11.4. The standard InChI is InChI=1S/C26H32N2O/c1-26(2,3)23-17-20(11-16-24(23)29-6)25(18-7-12-21(27-4)13-8-18)19-9-14-22(28-5)15-10-19/h7-17,25,27-28H,1-6H3. The number of hydrogen-bond acceptors (Lipinski definition) is 3. The van der Waals surface area contributed by atoms with E-state index in [1.165, 1.54) is 22.3 Å². The van der Waals surface area contributed by atoms with Crippen LogP contribution >= 0.6 is 0 Å². The van der Waals surface area contributed by atoms with Crippen molar-refractivity contribution in [2.24, 2.45) is 0 Å². The summed E-state index contributed by atoms with van der Waals surface area (Å²) >= 11 is 0. The van der Waals surface area contributed by atoms with Crippen LogP contribution in [0.2, 0.25) is 0 Å². The summed E-state index contributed by atoms with van der Waals surface area (Å²) < 4.78 is 5.66. The summed E-state index contributed by atoms with van der Waals surface area (Å²) in [6, 6.07) is 24.0. The summed E-state index contributed by atoms with van der Waals surface area (Å²) in [5.41, 5.74) is 7.26. The minimum absolute atomic E-state index is 0.00210. The van der Waals surface area contributed by atoms with E-state index in [-0.39, 0.29) is 11.3 Å². The Morgan fingerprint density at radius 3 is 1.52 bits per heavy atom. The van der Waals surface area contributed by atoms with Gasteiger partial charge < -0.3 is 15.4 Å². The van der Waals surface area contributed by atoms with Crippen molar-refractivity contribution in [2.45, 2.75) is 32.1 Å². The maximum atomic E-state index is 5.66. The first-order valence-corrected chi connectivity index (χ1v) is 10.1. The maximum absolute atomic E-state index is 5.66. The van der Waals surface area contributed by atoms with Crippen LogP contribution in [-0.4, -0.2) is 21.2 Å². The first-order valence-electron chi connectivity index (χ1n) is 10.1. The highest BCUT2D eigenvalue weighted by Crippen LogP contribution is 2.38. The van der Waals surface area contributed by atoms with E-state index in [9.17, 15) is 0 Å². The molecule has 3 aromatic rings. The van der Waals surface area contributed by atoms with Gasteiger partial charge in [-0.25, -0.2) is 0 Å². The first kappa shape index (κ1) is 20.8. The van der Waals surface area contributed by atoms with Crippen LogP contribution in [0.4, 0.5) is 11.4 Å². The van der Waals surface area contributed by atoms with Gasteiger partial charge in [-0.05, 0) is 58.0 Å². The Labute approximate surface area is 175 Å². The van der Waals surface area contributed by atoms with E-state index in [0.717, 1.165) is 17.1 Å². The predicted octanol–water partition coefficient (Wildman–Crippen LogP) is 6.26. The molecule has 0 spiro atoms. The molecule has 3 aromatic carbocycles. The Bertz CT molecular complexity index is 890. The van der Waals surface area contributed by atoms with Gasteiger partial charge in [-0.15, -0.1) is 0 Å². The molecule has 152 valence electrons. The van der Waals surface area contributed by atoms with Gasteiger partial charge in [0.25, 0.3) is 0 Å². The lowest BCUT2D eigenvalue weighted by atomic mass is 9.80. The van der Waals surface area contributed by atoms with E-state index < -0.39 is 0 Å². The Balaban J connectivity index is 2.16. The molecule has 0 saturated heterocycles. The molecule has 29 heavy (non-hydrogen) atoms. The first-order chi connectivity index (χ1) is 13.9. The largest absolute Gasteiger partial charge is 0.496 e. The van der Waals surface area contributed by atoms with Crippen molar-refractivity contribution in [1.29, 1.82) is 0 Å². The Kier molecular flexibility index (Phi) is 6.17. The zero-order chi connectivity index (χ0) is 21.0. The average molecular weight is 389 g/mol. The zero-order valence-corrected chi connectivity index (χ0v) is 18.3. The molecule has 3 nitrogen and oxygen atoms in total. The minimum atomic E-state index is -0.00210. The van der Waals surface area contributed by atoms with Crippen LogP contribution in [0.3, 0.4) is 0 Å². The number of methoxy groups -OCH3 is 1. The number of rotatable bonds is 6. The molecule has 0 fully saturated rings. The molecular weight excluding hydrogens is 356 g/mol. The Hall–Kier alpha value is -2.94. The van der Waals surface area contributed by atoms with Crippen molar-refractivity contribution in [3.05, 3.63) is 89.0 Å². The summed E-state index contributed by atoms with van der Waals surface area (Å²) in [6.45, 7) is 6.69. The highest BCUT2D eigenvalue weighted by molar-refractivity contribution is 5.54. The van der Waals surface area contributed by atoms with E-state index in [1.54, 1.807) is 7.11 Å². The fourth-order valence-electron chi connectivity index (χ4n) is 3.75. The summed E-state index contributed by atoms with van der Waals surface area (Å²) in [4.78, 5) is 0. The molecule has 3 heteroatoms. The zero-order valence-electron chi connectivity index (χ0n) is 18.3. The van der Waals surface area contributed by atoms with Crippen LogP contribution in [0, 0.1) is 0 Å². The van der Waals surface area contributed by atoms with E-state index in [1.807, 2.05) is 14.1 Å². The quantitative estimate of drug-likeness (QED) is 0.489. The third-order valence-corrected chi connectivity index (χ3v) is 5.43. The number of anilines is 2. The van der Waals surface area contributed by atoms with Crippen molar-refractivity contribution < 1.29 is 4.74 Å². The highest BCUT2D eigenvalue weighted by Gasteiger charge is 2.23. The van der Waals surface area contributed by atoms with Crippen molar-refractivity contribution in [3.63, 3.8) is 0 Å². The third kappa shape index (κ3) is 4.56. The van der Waals surface area contributed by atoms with Crippen LogP contribution < -0.4 is 15.4 Å². The van der Waals surface area contributed by atoms with Gasteiger partial charge in [0.05, 0.1) is 7.11 Å². The van der Waals surface area contributed by atoms with Crippen LogP contribution in [0.15, 0.2) is 66.7 Å². The molecule has 0 aliphatic carbocycles. The lowest BCUT2D eigenvalue weighted by Crippen LogP contribution is -2.14. The van der Waals surface area contributed by atoms with Crippen LogP contribution in [0.25, 0.3) is 0 Å². The number of hydrogen-bond donors (Lipinski definition) is 2. The van der Waals surface area contributed by atoms with E-state index in [2.05, 4.69) is 98.1 Å². The van der Waals surface area contributed by atoms with Crippen molar-refractivity contribution in [3.8, 4) is 5.75 Å². The second kappa shape index (κ2) is 8.60. The summed E-state index contributed by atoms with van der Waals surface area (Å²) in [5, 5.41) is 6.41. The molecule has 0 bridgehead atoms. The second-order valence-electron chi connectivity index (χ2n) is 8.39. The molecule has 2 N–H and O–H groups in total. The monoisotopic (exact) mass is 388 g/mol. The van der Waals surface area contributed by atoms with Gasteiger partial charge >= 0.3 is 0 Å².